The van der Waals surface area contributed by atoms with Gasteiger partial charge in [-0.1, -0.05) is 49.2 Å². The van der Waals surface area contributed by atoms with Crippen molar-refractivity contribution in [2.75, 3.05) is 5.32 Å². The van der Waals surface area contributed by atoms with Crippen molar-refractivity contribution in [3.05, 3.63) is 42.5 Å². The molecule has 0 heterocycles. The second-order valence-electron chi connectivity index (χ2n) is 5.70. The average Bonchev–Trinajstić information content (AvgIpc) is 3.00. The van der Waals surface area contributed by atoms with Gasteiger partial charge in [-0.2, -0.15) is 0 Å². The summed E-state index contributed by atoms with van der Waals surface area (Å²) in [6.07, 6.45) is 5.15. The number of nitrogens with one attached hydrogen (secondary N) is 1. The third-order valence-corrected chi connectivity index (χ3v) is 5.59. The Morgan fingerprint density at radius 3 is 2.67 bits per heavy atom. The lowest BCUT2D eigenvalue weighted by molar-refractivity contribution is -0.115. The van der Waals surface area contributed by atoms with E-state index in [9.17, 15) is 4.79 Å². The van der Waals surface area contributed by atoms with Crippen molar-refractivity contribution in [1.29, 1.82) is 0 Å². The molecule has 0 bridgehead atoms. The SMILES string of the molecule is C[C@H](SC1CCCC1)C(=O)Nc1cccc2ccccc12. The van der Waals surface area contributed by atoms with Gasteiger partial charge < -0.3 is 5.32 Å². The minimum atomic E-state index is 0.00654. The highest BCUT2D eigenvalue weighted by atomic mass is 32.2. The van der Waals surface area contributed by atoms with Gasteiger partial charge >= 0.3 is 0 Å². The highest BCUT2D eigenvalue weighted by Crippen LogP contribution is 2.33. The second-order valence-corrected chi connectivity index (χ2v) is 7.35. The van der Waals surface area contributed by atoms with Gasteiger partial charge in [-0.15, -0.1) is 11.8 Å². The Morgan fingerprint density at radius 2 is 1.86 bits per heavy atom. The number of rotatable bonds is 4. The molecule has 2 aromatic carbocycles. The van der Waals surface area contributed by atoms with Gasteiger partial charge in [-0.25, -0.2) is 0 Å². The number of carbonyl (C=O) groups excluding carboxylic acids is 1. The van der Waals surface area contributed by atoms with Crippen molar-refractivity contribution < 1.29 is 4.79 Å². The fourth-order valence-corrected chi connectivity index (χ4v) is 4.31. The zero-order chi connectivity index (χ0) is 14.7. The number of carbonyl (C=O) groups is 1. The molecule has 110 valence electrons. The Balaban J connectivity index is 1.70. The smallest absolute Gasteiger partial charge is 0.237 e. The maximum Gasteiger partial charge on any atom is 0.237 e. The number of hydrogen-bond donors (Lipinski definition) is 1. The summed E-state index contributed by atoms with van der Waals surface area (Å²) in [6.45, 7) is 2.02. The molecular weight excluding hydrogens is 278 g/mol. The molecule has 0 saturated heterocycles. The summed E-state index contributed by atoms with van der Waals surface area (Å²) in [5, 5.41) is 6.03. The molecule has 1 aliphatic carbocycles. The molecule has 0 aliphatic heterocycles. The first kappa shape index (κ1) is 14.5. The van der Waals surface area contributed by atoms with Gasteiger partial charge in [0.05, 0.1) is 5.25 Å². The number of thioether (sulfide) groups is 1. The maximum atomic E-state index is 12.4. The molecule has 0 radical (unpaired) electrons. The quantitative estimate of drug-likeness (QED) is 0.875. The Hall–Kier alpha value is -1.48. The van der Waals surface area contributed by atoms with E-state index < -0.39 is 0 Å². The van der Waals surface area contributed by atoms with Crippen LogP contribution in [0.2, 0.25) is 0 Å². The zero-order valence-electron chi connectivity index (χ0n) is 12.3. The van der Waals surface area contributed by atoms with Crippen molar-refractivity contribution in [2.24, 2.45) is 0 Å². The van der Waals surface area contributed by atoms with Gasteiger partial charge in [0, 0.05) is 16.3 Å². The van der Waals surface area contributed by atoms with Crippen LogP contribution < -0.4 is 5.32 Å². The lowest BCUT2D eigenvalue weighted by Crippen LogP contribution is -2.24. The van der Waals surface area contributed by atoms with Crippen LogP contribution in [-0.2, 0) is 4.79 Å². The lowest BCUT2D eigenvalue weighted by atomic mass is 10.1. The van der Waals surface area contributed by atoms with Crippen molar-refractivity contribution in [2.45, 2.75) is 43.1 Å². The van der Waals surface area contributed by atoms with Crippen LogP contribution >= 0.6 is 11.8 Å². The molecular formula is C18H21NOS. The van der Waals surface area contributed by atoms with E-state index >= 15 is 0 Å². The number of benzene rings is 2. The van der Waals surface area contributed by atoms with Gasteiger partial charge in [0.15, 0.2) is 0 Å². The van der Waals surface area contributed by atoms with Crippen LogP contribution in [0.25, 0.3) is 10.8 Å². The molecule has 1 amide bonds. The summed E-state index contributed by atoms with van der Waals surface area (Å²) in [6, 6.07) is 14.2. The fraction of sp³-hybridized carbons (Fsp3) is 0.389. The van der Waals surface area contributed by atoms with Gasteiger partial charge in [0.1, 0.15) is 0 Å². The molecule has 21 heavy (non-hydrogen) atoms. The van der Waals surface area contributed by atoms with Crippen molar-refractivity contribution in [3.8, 4) is 0 Å². The second kappa shape index (κ2) is 6.52. The van der Waals surface area contributed by atoms with Crippen LogP contribution in [0.3, 0.4) is 0 Å². The summed E-state index contributed by atoms with van der Waals surface area (Å²) in [5.41, 5.74) is 0.914. The van der Waals surface area contributed by atoms with Crippen LogP contribution in [0.5, 0.6) is 0 Å². The van der Waals surface area contributed by atoms with Crippen LogP contribution in [-0.4, -0.2) is 16.4 Å². The molecule has 1 aliphatic rings. The summed E-state index contributed by atoms with van der Waals surface area (Å²) >= 11 is 1.83. The molecule has 3 heteroatoms. The van der Waals surface area contributed by atoms with E-state index in [1.54, 1.807) is 0 Å². The van der Waals surface area contributed by atoms with Gasteiger partial charge in [-0.05, 0) is 31.2 Å². The zero-order valence-corrected chi connectivity index (χ0v) is 13.2. The van der Waals surface area contributed by atoms with E-state index in [1.165, 1.54) is 25.7 Å². The van der Waals surface area contributed by atoms with E-state index in [0.29, 0.717) is 5.25 Å². The van der Waals surface area contributed by atoms with E-state index in [-0.39, 0.29) is 11.2 Å². The van der Waals surface area contributed by atoms with Crippen LogP contribution in [0.4, 0.5) is 5.69 Å². The normalized spacial score (nSPS) is 17.0. The van der Waals surface area contributed by atoms with Crippen LogP contribution in [0, 0.1) is 0 Å². The standard InChI is InChI=1S/C18H21NOS/c1-13(21-15-9-3-4-10-15)18(20)19-17-12-6-8-14-7-2-5-11-16(14)17/h2,5-8,11-13,15H,3-4,9-10H2,1H3,(H,19,20)/t13-/m0/s1. The Kier molecular flexibility index (Phi) is 4.49. The first-order valence-electron chi connectivity index (χ1n) is 7.68. The summed E-state index contributed by atoms with van der Waals surface area (Å²) in [4.78, 5) is 12.4. The minimum Gasteiger partial charge on any atom is -0.325 e. The van der Waals surface area contributed by atoms with E-state index in [0.717, 1.165) is 16.5 Å². The lowest BCUT2D eigenvalue weighted by Gasteiger charge is -2.16. The molecule has 2 aromatic rings. The topological polar surface area (TPSA) is 29.1 Å². The molecule has 1 atom stereocenters. The fourth-order valence-electron chi connectivity index (χ4n) is 2.94. The monoisotopic (exact) mass is 299 g/mol. The molecule has 0 aromatic heterocycles. The maximum absolute atomic E-state index is 12.4. The largest absolute Gasteiger partial charge is 0.325 e. The van der Waals surface area contributed by atoms with Gasteiger partial charge in [-0.3, -0.25) is 4.79 Å². The molecule has 1 N–H and O–H groups in total. The first-order valence-corrected chi connectivity index (χ1v) is 8.62. The van der Waals surface area contributed by atoms with Crippen LogP contribution in [0.15, 0.2) is 42.5 Å². The molecule has 3 rings (SSSR count). The highest BCUT2D eigenvalue weighted by molar-refractivity contribution is 8.01. The third-order valence-electron chi connectivity index (χ3n) is 4.12. The van der Waals surface area contributed by atoms with Crippen molar-refractivity contribution in [3.63, 3.8) is 0 Å². The predicted molar refractivity (Wildman–Crippen MR) is 91.9 cm³/mol. The Bertz CT molecular complexity index is 629. The number of hydrogen-bond acceptors (Lipinski definition) is 2. The first-order chi connectivity index (χ1) is 10.2. The predicted octanol–water partition coefficient (Wildman–Crippen LogP) is 4.84. The molecule has 1 fully saturated rings. The number of amides is 1. The van der Waals surface area contributed by atoms with Gasteiger partial charge in [0.2, 0.25) is 5.91 Å². The van der Waals surface area contributed by atoms with Gasteiger partial charge in [0.25, 0.3) is 0 Å². The summed E-state index contributed by atoms with van der Waals surface area (Å²) in [5.74, 6) is 0.114. The minimum absolute atomic E-state index is 0.00654. The Morgan fingerprint density at radius 1 is 1.14 bits per heavy atom. The molecule has 1 saturated carbocycles. The number of anilines is 1. The molecule has 2 nitrogen and oxygen atoms in total. The van der Waals surface area contributed by atoms with E-state index in [4.69, 9.17) is 0 Å². The number of fused-ring (bicyclic) bond motifs is 1. The Labute approximate surface area is 130 Å². The van der Waals surface area contributed by atoms with E-state index in [2.05, 4.69) is 23.5 Å². The summed E-state index contributed by atoms with van der Waals surface area (Å²) < 4.78 is 0. The van der Waals surface area contributed by atoms with Crippen molar-refractivity contribution in [1.82, 2.24) is 0 Å². The third kappa shape index (κ3) is 3.41. The summed E-state index contributed by atoms with van der Waals surface area (Å²) in [7, 11) is 0. The molecule has 0 unspecified atom stereocenters. The van der Waals surface area contributed by atoms with Crippen molar-refractivity contribution >= 4 is 34.1 Å². The van der Waals surface area contributed by atoms with Crippen LogP contribution in [0.1, 0.15) is 32.6 Å². The highest BCUT2D eigenvalue weighted by Gasteiger charge is 2.22. The molecule has 0 spiro atoms. The average molecular weight is 299 g/mol. The van der Waals surface area contributed by atoms with E-state index in [1.807, 2.05) is 43.0 Å².